The molecule has 1 aromatic rings. The first-order valence-electron chi connectivity index (χ1n) is 7.43. The Kier molecular flexibility index (Phi) is 5.78. The minimum absolute atomic E-state index is 0.133. The molecule has 23 heavy (non-hydrogen) atoms. The highest BCUT2D eigenvalue weighted by atomic mass is 16.3. The minimum Gasteiger partial charge on any atom is -0.504 e. The fourth-order valence-corrected chi connectivity index (χ4v) is 2.58. The van der Waals surface area contributed by atoms with Gasteiger partial charge in [0.2, 0.25) is 5.91 Å². The fraction of sp³-hybridized carbons (Fsp3) is 0.533. The number of aliphatic hydroxyl groups excluding tert-OH is 3. The van der Waals surface area contributed by atoms with Gasteiger partial charge < -0.3 is 36.2 Å². The SMILES string of the molecule is O=C(CCc1ccc(O)c(O)c1)NC[C@H]1N[C@H](CO)[C@H](O)[C@@H]1O. The van der Waals surface area contributed by atoms with Crippen LogP contribution in [0, 0.1) is 0 Å². The number of aryl methyl sites for hydroxylation is 1. The Labute approximate surface area is 133 Å². The fourth-order valence-electron chi connectivity index (χ4n) is 2.58. The molecular formula is C15H22N2O6. The van der Waals surface area contributed by atoms with Crippen LogP contribution in [0.3, 0.4) is 0 Å². The van der Waals surface area contributed by atoms with Crippen LogP contribution in [-0.2, 0) is 11.2 Å². The van der Waals surface area contributed by atoms with Crippen LogP contribution in [0.15, 0.2) is 18.2 Å². The Bertz CT molecular complexity index is 553. The van der Waals surface area contributed by atoms with E-state index in [9.17, 15) is 25.2 Å². The Morgan fingerprint density at radius 1 is 1.13 bits per heavy atom. The van der Waals surface area contributed by atoms with Crippen LogP contribution in [0.25, 0.3) is 0 Å². The van der Waals surface area contributed by atoms with Gasteiger partial charge in [0.1, 0.15) is 0 Å². The van der Waals surface area contributed by atoms with E-state index in [0.29, 0.717) is 12.0 Å². The van der Waals surface area contributed by atoms with Crippen molar-refractivity contribution in [1.82, 2.24) is 10.6 Å². The molecule has 0 aliphatic carbocycles. The predicted molar refractivity (Wildman–Crippen MR) is 80.9 cm³/mol. The van der Waals surface area contributed by atoms with Crippen molar-refractivity contribution in [2.24, 2.45) is 0 Å². The van der Waals surface area contributed by atoms with Crippen molar-refractivity contribution >= 4 is 5.91 Å². The Balaban J connectivity index is 1.76. The van der Waals surface area contributed by atoms with E-state index >= 15 is 0 Å². The molecule has 0 saturated carbocycles. The van der Waals surface area contributed by atoms with Gasteiger partial charge >= 0.3 is 0 Å². The summed E-state index contributed by atoms with van der Waals surface area (Å²) in [6.45, 7) is -0.165. The highest BCUT2D eigenvalue weighted by Gasteiger charge is 2.40. The van der Waals surface area contributed by atoms with Gasteiger partial charge in [0.25, 0.3) is 0 Å². The molecule has 1 fully saturated rings. The lowest BCUT2D eigenvalue weighted by molar-refractivity contribution is -0.121. The lowest BCUT2D eigenvalue weighted by Crippen LogP contribution is -2.44. The zero-order valence-corrected chi connectivity index (χ0v) is 12.5. The van der Waals surface area contributed by atoms with Crippen LogP contribution in [0.4, 0.5) is 0 Å². The maximum Gasteiger partial charge on any atom is 0.220 e. The number of benzene rings is 1. The second kappa shape index (κ2) is 7.60. The zero-order chi connectivity index (χ0) is 17.0. The zero-order valence-electron chi connectivity index (χ0n) is 12.5. The van der Waals surface area contributed by atoms with Gasteiger partial charge in [0.05, 0.1) is 30.9 Å². The Hall–Kier alpha value is -1.87. The number of rotatable bonds is 6. The van der Waals surface area contributed by atoms with E-state index in [2.05, 4.69) is 10.6 Å². The molecule has 1 heterocycles. The third kappa shape index (κ3) is 4.32. The minimum atomic E-state index is -1.07. The van der Waals surface area contributed by atoms with Crippen LogP contribution in [0.2, 0.25) is 0 Å². The van der Waals surface area contributed by atoms with Crippen molar-refractivity contribution in [3.63, 3.8) is 0 Å². The van der Waals surface area contributed by atoms with Crippen molar-refractivity contribution in [1.29, 1.82) is 0 Å². The molecule has 0 radical (unpaired) electrons. The second-order valence-electron chi connectivity index (χ2n) is 5.67. The molecular weight excluding hydrogens is 304 g/mol. The lowest BCUT2D eigenvalue weighted by Gasteiger charge is -2.16. The van der Waals surface area contributed by atoms with E-state index in [1.807, 2.05) is 0 Å². The first kappa shape index (κ1) is 17.5. The number of aromatic hydroxyl groups is 2. The van der Waals surface area contributed by atoms with Crippen molar-refractivity contribution in [2.45, 2.75) is 37.1 Å². The summed E-state index contributed by atoms with van der Waals surface area (Å²) in [7, 11) is 0. The Morgan fingerprint density at radius 2 is 1.83 bits per heavy atom. The topological polar surface area (TPSA) is 142 Å². The molecule has 8 nitrogen and oxygen atoms in total. The van der Waals surface area contributed by atoms with E-state index in [1.54, 1.807) is 6.07 Å². The molecule has 0 aromatic heterocycles. The number of nitrogens with one attached hydrogen (secondary N) is 2. The monoisotopic (exact) mass is 326 g/mol. The number of carbonyl (C=O) groups excluding carboxylic acids is 1. The van der Waals surface area contributed by atoms with Gasteiger partial charge in [-0.25, -0.2) is 0 Å². The van der Waals surface area contributed by atoms with Crippen LogP contribution in [0.1, 0.15) is 12.0 Å². The second-order valence-corrected chi connectivity index (χ2v) is 5.67. The first-order valence-corrected chi connectivity index (χ1v) is 7.43. The molecule has 2 rings (SSSR count). The van der Waals surface area contributed by atoms with Crippen LogP contribution < -0.4 is 10.6 Å². The van der Waals surface area contributed by atoms with Gasteiger partial charge in [-0.3, -0.25) is 4.79 Å². The number of hydrogen-bond acceptors (Lipinski definition) is 7. The van der Waals surface area contributed by atoms with Crippen molar-refractivity contribution in [3.8, 4) is 11.5 Å². The first-order chi connectivity index (χ1) is 10.9. The molecule has 1 aliphatic rings. The van der Waals surface area contributed by atoms with Crippen LogP contribution in [-0.4, -0.2) is 68.9 Å². The summed E-state index contributed by atoms with van der Waals surface area (Å²) in [5.74, 6) is -0.685. The average Bonchev–Trinajstić information content (AvgIpc) is 2.81. The standard InChI is InChI=1S/C15H22N2O6/c18-7-10-15(23)14(22)9(17-10)6-16-13(21)4-2-8-1-3-11(19)12(20)5-8/h1,3,5,9-10,14-15,17-20,22-23H,2,4,6-7H2,(H,16,21)/t9-,10-,14-,15+/m1/s1. The summed E-state index contributed by atoms with van der Waals surface area (Å²) in [6, 6.07) is 3.24. The quantitative estimate of drug-likeness (QED) is 0.306. The van der Waals surface area contributed by atoms with E-state index in [0.717, 1.165) is 0 Å². The number of phenols is 2. The van der Waals surface area contributed by atoms with Crippen LogP contribution >= 0.6 is 0 Å². The van der Waals surface area contributed by atoms with Gasteiger partial charge in [-0.05, 0) is 24.1 Å². The average molecular weight is 326 g/mol. The molecule has 1 saturated heterocycles. The normalized spacial score (nSPS) is 27.1. The largest absolute Gasteiger partial charge is 0.504 e. The third-order valence-electron chi connectivity index (χ3n) is 4.00. The molecule has 0 spiro atoms. The number of amides is 1. The number of aliphatic hydroxyl groups is 3. The molecule has 1 amide bonds. The predicted octanol–water partition coefficient (Wildman–Crippen LogP) is -1.80. The summed E-state index contributed by atoms with van der Waals surface area (Å²) in [4.78, 5) is 11.8. The van der Waals surface area contributed by atoms with E-state index in [-0.39, 0.29) is 37.0 Å². The third-order valence-corrected chi connectivity index (χ3v) is 4.00. The molecule has 0 bridgehead atoms. The summed E-state index contributed by atoms with van der Waals surface area (Å²) in [5, 5.41) is 52.6. The van der Waals surface area contributed by atoms with Gasteiger partial charge in [0.15, 0.2) is 11.5 Å². The van der Waals surface area contributed by atoms with Crippen molar-refractivity contribution in [2.75, 3.05) is 13.2 Å². The van der Waals surface area contributed by atoms with E-state index < -0.39 is 24.3 Å². The number of hydrogen-bond donors (Lipinski definition) is 7. The smallest absolute Gasteiger partial charge is 0.220 e. The highest BCUT2D eigenvalue weighted by molar-refractivity contribution is 5.76. The lowest BCUT2D eigenvalue weighted by atomic mass is 10.1. The summed E-state index contributed by atoms with van der Waals surface area (Å²) >= 11 is 0. The summed E-state index contributed by atoms with van der Waals surface area (Å²) in [6.07, 6.45) is -1.55. The van der Waals surface area contributed by atoms with Gasteiger partial charge in [-0.1, -0.05) is 6.07 Å². The van der Waals surface area contributed by atoms with Gasteiger partial charge in [-0.2, -0.15) is 0 Å². The maximum atomic E-state index is 11.8. The molecule has 1 aliphatic heterocycles. The summed E-state index contributed by atoms with van der Waals surface area (Å²) < 4.78 is 0. The molecule has 8 heteroatoms. The van der Waals surface area contributed by atoms with Crippen molar-refractivity contribution < 1.29 is 30.3 Å². The molecule has 7 N–H and O–H groups in total. The number of phenolic OH excluding ortho intramolecular Hbond substituents is 2. The number of carbonyl (C=O) groups is 1. The maximum absolute atomic E-state index is 11.8. The Morgan fingerprint density at radius 3 is 2.43 bits per heavy atom. The van der Waals surface area contributed by atoms with E-state index in [1.165, 1.54) is 12.1 Å². The molecule has 1 aromatic carbocycles. The van der Waals surface area contributed by atoms with Crippen LogP contribution in [0.5, 0.6) is 11.5 Å². The van der Waals surface area contributed by atoms with Gasteiger partial charge in [0, 0.05) is 13.0 Å². The van der Waals surface area contributed by atoms with E-state index in [4.69, 9.17) is 5.11 Å². The molecule has 4 atom stereocenters. The van der Waals surface area contributed by atoms with Gasteiger partial charge in [-0.15, -0.1) is 0 Å². The molecule has 128 valence electrons. The van der Waals surface area contributed by atoms with Crippen molar-refractivity contribution in [3.05, 3.63) is 23.8 Å². The highest BCUT2D eigenvalue weighted by Crippen LogP contribution is 2.25. The summed E-state index contributed by atoms with van der Waals surface area (Å²) in [5.41, 5.74) is 0.713. The molecule has 0 unspecified atom stereocenters.